The standard InChI is InChI=1S/C11H13NO3S/c1-6-3-7(4-9(14)15-2)12-11-10(6)8(13)5-16-11/h4,6,12H,3,5H2,1-2H3/b7-4-. The molecule has 1 atom stereocenters. The van der Waals surface area contributed by atoms with E-state index in [9.17, 15) is 9.59 Å². The van der Waals surface area contributed by atoms with Gasteiger partial charge in [-0.2, -0.15) is 0 Å². The first-order chi connectivity index (χ1) is 7.61. The molecule has 1 N–H and O–H groups in total. The van der Waals surface area contributed by atoms with Gasteiger partial charge in [0.05, 0.1) is 17.9 Å². The van der Waals surface area contributed by atoms with E-state index < -0.39 is 0 Å². The lowest BCUT2D eigenvalue weighted by atomic mass is 9.91. The zero-order valence-electron chi connectivity index (χ0n) is 9.20. The highest BCUT2D eigenvalue weighted by atomic mass is 32.2. The molecule has 1 unspecified atom stereocenters. The van der Waals surface area contributed by atoms with Gasteiger partial charge in [-0.25, -0.2) is 4.79 Å². The van der Waals surface area contributed by atoms with Crippen LogP contribution in [0.5, 0.6) is 0 Å². The van der Waals surface area contributed by atoms with Crippen LogP contribution in [0.25, 0.3) is 0 Å². The molecule has 0 aromatic heterocycles. The summed E-state index contributed by atoms with van der Waals surface area (Å²) in [6, 6.07) is 0. The first kappa shape index (κ1) is 11.3. The molecule has 2 aliphatic rings. The van der Waals surface area contributed by atoms with Crippen LogP contribution in [0.4, 0.5) is 0 Å². The van der Waals surface area contributed by atoms with Crippen LogP contribution >= 0.6 is 11.8 Å². The van der Waals surface area contributed by atoms with Gasteiger partial charge in [0.15, 0.2) is 5.78 Å². The maximum atomic E-state index is 11.6. The molecule has 0 aliphatic carbocycles. The van der Waals surface area contributed by atoms with Gasteiger partial charge in [-0.05, 0) is 12.3 Å². The van der Waals surface area contributed by atoms with Crippen LogP contribution in [0.2, 0.25) is 0 Å². The largest absolute Gasteiger partial charge is 0.466 e. The molecule has 5 heteroatoms. The number of hydrogen-bond acceptors (Lipinski definition) is 5. The van der Waals surface area contributed by atoms with Crippen LogP contribution < -0.4 is 5.32 Å². The van der Waals surface area contributed by atoms with Crippen LogP contribution in [-0.4, -0.2) is 24.6 Å². The molecule has 0 bridgehead atoms. The predicted molar refractivity (Wildman–Crippen MR) is 61.5 cm³/mol. The second-order valence-electron chi connectivity index (χ2n) is 3.88. The van der Waals surface area contributed by atoms with Gasteiger partial charge in [0.2, 0.25) is 0 Å². The number of allylic oxidation sites excluding steroid dienone is 2. The number of carbonyl (C=O) groups is 2. The Kier molecular flexibility index (Phi) is 3.05. The minimum atomic E-state index is -0.368. The average Bonchev–Trinajstić information content (AvgIpc) is 2.60. The number of ketones is 1. The summed E-state index contributed by atoms with van der Waals surface area (Å²) in [6.07, 6.45) is 2.13. The Balaban J connectivity index is 2.22. The number of Topliss-reactive ketones (excluding diaryl/α,β-unsaturated/α-hetero) is 1. The first-order valence-corrected chi connectivity index (χ1v) is 6.06. The smallest absolute Gasteiger partial charge is 0.332 e. The third-order valence-corrected chi connectivity index (χ3v) is 3.70. The van der Waals surface area contributed by atoms with Gasteiger partial charge >= 0.3 is 5.97 Å². The van der Waals surface area contributed by atoms with Crippen LogP contribution in [0.15, 0.2) is 22.4 Å². The van der Waals surface area contributed by atoms with Crippen molar-refractivity contribution in [2.45, 2.75) is 13.3 Å². The summed E-state index contributed by atoms with van der Waals surface area (Å²) in [7, 11) is 1.35. The van der Waals surface area contributed by atoms with Crippen molar-refractivity contribution < 1.29 is 14.3 Å². The summed E-state index contributed by atoms with van der Waals surface area (Å²) in [4.78, 5) is 22.7. The van der Waals surface area contributed by atoms with Crippen LogP contribution in [0, 0.1) is 5.92 Å². The fourth-order valence-corrected chi connectivity index (χ4v) is 3.05. The van der Waals surface area contributed by atoms with E-state index in [1.54, 1.807) is 0 Å². The van der Waals surface area contributed by atoms with Crippen molar-refractivity contribution in [2.75, 3.05) is 12.9 Å². The van der Waals surface area contributed by atoms with E-state index in [2.05, 4.69) is 10.1 Å². The fraction of sp³-hybridized carbons (Fsp3) is 0.455. The van der Waals surface area contributed by atoms with Crippen molar-refractivity contribution in [3.05, 3.63) is 22.4 Å². The minimum Gasteiger partial charge on any atom is -0.466 e. The van der Waals surface area contributed by atoms with E-state index in [-0.39, 0.29) is 17.7 Å². The number of thioether (sulfide) groups is 1. The van der Waals surface area contributed by atoms with Crippen molar-refractivity contribution in [3.63, 3.8) is 0 Å². The van der Waals surface area contributed by atoms with E-state index in [0.717, 1.165) is 16.3 Å². The van der Waals surface area contributed by atoms with Crippen molar-refractivity contribution in [3.8, 4) is 0 Å². The summed E-state index contributed by atoms with van der Waals surface area (Å²) >= 11 is 1.50. The third-order valence-electron chi connectivity index (χ3n) is 2.68. The molecule has 0 fully saturated rings. The van der Waals surface area contributed by atoms with Gasteiger partial charge in [-0.15, -0.1) is 0 Å². The number of methoxy groups -OCH3 is 1. The summed E-state index contributed by atoms with van der Waals surface area (Å²) in [5.74, 6) is 0.521. The Labute approximate surface area is 98.1 Å². The molecule has 2 heterocycles. The average molecular weight is 239 g/mol. The third kappa shape index (κ3) is 2.00. The van der Waals surface area contributed by atoms with Crippen molar-refractivity contribution in [1.29, 1.82) is 0 Å². The predicted octanol–water partition coefficient (Wildman–Crippen LogP) is 1.20. The molecular formula is C11H13NO3S. The van der Waals surface area contributed by atoms with E-state index in [0.29, 0.717) is 12.2 Å². The number of carbonyl (C=O) groups excluding carboxylic acids is 2. The van der Waals surface area contributed by atoms with Gasteiger partial charge in [0.25, 0.3) is 0 Å². The highest BCUT2D eigenvalue weighted by molar-refractivity contribution is 8.04. The molecule has 0 amide bonds. The molecule has 2 rings (SSSR count). The van der Waals surface area contributed by atoms with Gasteiger partial charge in [-0.1, -0.05) is 18.7 Å². The highest BCUT2D eigenvalue weighted by Crippen LogP contribution is 2.38. The van der Waals surface area contributed by atoms with E-state index in [1.165, 1.54) is 24.9 Å². The van der Waals surface area contributed by atoms with Crippen molar-refractivity contribution in [1.82, 2.24) is 5.32 Å². The Hall–Kier alpha value is -1.23. The number of nitrogens with one attached hydrogen (secondary N) is 1. The summed E-state index contributed by atoms with van der Waals surface area (Å²) in [6.45, 7) is 2.01. The highest BCUT2D eigenvalue weighted by Gasteiger charge is 2.32. The van der Waals surface area contributed by atoms with Crippen LogP contribution in [0.3, 0.4) is 0 Å². The van der Waals surface area contributed by atoms with Crippen molar-refractivity contribution >= 4 is 23.5 Å². The van der Waals surface area contributed by atoms with Crippen molar-refractivity contribution in [2.24, 2.45) is 5.92 Å². The quantitative estimate of drug-likeness (QED) is 0.550. The molecule has 86 valence electrons. The molecule has 0 radical (unpaired) electrons. The molecule has 0 aromatic rings. The fourth-order valence-electron chi connectivity index (χ4n) is 1.95. The lowest BCUT2D eigenvalue weighted by Crippen LogP contribution is -2.24. The second kappa shape index (κ2) is 4.33. The zero-order valence-corrected chi connectivity index (χ0v) is 10.0. The number of hydrogen-bond donors (Lipinski definition) is 1. The monoisotopic (exact) mass is 239 g/mol. The van der Waals surface area contributed by atoms with Gasteiger partial charge < -0.3 is 10.1 Å². The Bertz CT molecular complexity index is 411. The second-order valence-corrected chi connectivity index (χ2v) is 4.86. The maximum Gasteiger partial charge on any atom is 0.332 e. The SMILES string of the molecule is COC(=O)/C=C1/CC(C)C2=C(N1)SCC2=O. The molecular weight excluding hydrogens is 226 g/mol. The molecule has 0 saturated heterocycles. The number of ether oxygens (including phenoxy) is 1. The van der Waals surface area contributed by atoms with Gasteiger partial charge in [0, 0.05) is 17.3 Å². The van der Waals surface area contributed by atoms with E-state index in [4.69, 9.17) is 0 Å². The molecule has 4 nitrogen and oxygen atoms in total. The van der Waals surface area contributed by atoms with E-state index >= 15 is 0 Å². The molecule has 16 heavy (non-hydrogen) atoms. The summed E-state index contributed by atoms with van der Waals surface area (Å²) in [5, 5.41) is 4.03. The van der Waals surface area contributed by atoms with Gasteiger partial charge in [0.1, 0.15) is 0 Å². The summed E-state index contributed by atoms with van der Waals surface area (Å²) < 4.78 is 4.58. The summed E-state index contributed by atoms with van der Waals surface area (Å²) in [5.41, 5.74) is 1.70. The van der Waals surface area contributed by atoms with E-state index in [1.807, 2.05) is 6.92 Å². The number of esters is 1. The molecule has 0 aromatic carbocycles. The molecule has 2 aliphatic heterocycles. The van der Waals surface area contributed by atoms with Crippen LogP contribution in [0.1, 0.15) is 13.3 Å². The van der Waals surface area contributed by atoms with Crippen LogP contribution in [-0.2, 0) is 14.3 Å². The lowest BCUT2D eigenvalue weighted by Gasteiger charge is -2.23. The Morgan fingerprint density at radius 2 is 2.38 bits per heavy atom. The Morgan fingerprint density at radius 1 is 1.62 bits per heavy atom. The number of rotatable bonds is 1. The molecule has 0 spiro atoms. The Morgan fingerprint density at radius 3 is 3.06 bits per heavy atom. The van der Waals surface area contributed by atoms with Gasteiger partial charge in [-0.3, -0.25) is 4.79 Å². The molecule has 0 saturated carbocycles. The topological polar surface area (TPSA) is 55.4 Å². The zero-order chi connectivity index (χ0) is 11.7. The lowest BCUT2D eigenvalue weighted by molar-refractivity contribution is -0.134. The normalized spacial score (nSPS) is 26.8. The maximum absolute atomic E-state index is 11.6. The minimum absolute atomic E-state index is 0.176. The first-order valence-electron chi connectivity index (χ1n) is 5.07.